The van der Waals surface area contributed by atoms with Crippen molar-refractivity contribution in [3.05, 3.63) is 48.3 Å². The molecule has 4 heterocycles. The highest BCUT2D eigenvalue weighted by Gasteiger charge is 2.30. The lowest BCUT2D eigenvalue weighted by molar-refractivity contribution is 0.385. The number of rotatable bonds is 4. The maximum Gasteiger partial charge on any atom is 0.252 e. The number of nitrogens with one attached hydrogen (secondary N) is 1. The zero-order chi connectivity index (χ0) is 18.1. The molecule has 1 aliphatic rings. The molecule has 0 radical (unpaired) electrons. The van der Waals surface area contributed by atoms with Gasteiger partial charge in [0.1, 0.15) is 15.7 Å². The Morgan fingerprint density at radius 2 is 1.92 bits per heavy atom. The molecule has 0 aromatic carbocycles. The minimum atomic E-state index is -3.48. The largest absolute Gasteiger partial charge is 0.354 e. The quantitative estimate of drug-likeness (QED) is 0.741. The fourth-order valence-electron chi connectivity index (χ4n) is 2.97. The molecule has 0 amide bonds. The van der Waals surface area contributed by atoms with Crippen molar-refractivity contribution in [2.75, 3.05) is 31.1 Å². The van der Waals surface area contributed by atoms with Crippen LogP contribution in [-0.4, -0.2) is 54.1 Å². The summed E-state index contributed by atoms with van der Waals surface area (Å²) in [6.45, 7) is 4.09. The van der Waals surface area contributed by atoms with Crippen molar-refractivity contribution in [3.63, 3.8) is 0 Å². The normalized spacial score (nSPS) is 16.1. The minimum Gasteiger partial charge on any atom is -0.354 e. The fourth-order valence-corrected chi connectivity index (χ4v) is 5.81. The first-order valence-electron chi connectivity index (χ1n) is 8.32. The number of aromatic amines is 1. The van der Waals surface area contributed by atoms with E-state index >= 15 is 0 Å². The highest BCUT2D eigenvalue weighted by molar-refractivity contribution is 7.91. The van der Waals surface area contributed by atoms with E-state index in [0.29, 0.717) is 30.4 Å². The Hall–Kier alpha value is -2.23. The Balaban J connectivity index is 1.49. The third-order valence-electron chi connectivity index (χ3n) is 4.35. The number of anilines is 1. The van der Waals surface area contributed by atoms with Crippen LogP contribution in [0.2, 0.25) is 0 Å². The molecule has 1 saturated heterocycles. The van der Waals surface area contributed by atoms with Crippen molar-refractivity contribution in [1.82, 2.24) is 19.5 Å². The number of hydrogen-bond donors (Lipinski definition) is 1. The molecule has 0 bridgehead atoms. The van der Waals surface area contributed by atoms with E-state index in [4.69, 9.17) is 0 Å². The zero-order valence-electron chi connectivity index (χ0n) is 14.3. The average Bonchev–Trinajstić information content (AvgIpc) is 3.32. The lowest BCUT2D eigenvalue weighted by Gasteiger charge is -2.34. The first kappa shape index (κ1) is 17.2. The van der Waals surface area contributed by atoms with E-state index in [0.717, 1.165) is 22.1 Å². The topological polar surface area (TPSA) is 82.2 Å². The predicted octanol–water partition coefficient (Wildman–Crippen LogP) is 2.35. The van der Waals surface area contributed by atoms with Gasteiger partial charge in [0.15, 0.2) is 0 Å². The van der Waals surface area contributed by atoms with Crippen molar-refractivity contribution in [1.29, 1.82) is 0 Å². The van der Waals surface area contributed by atoms with E-state index in [9.17, 15) is 8.42 Å². The lowest BCUT2D eigenvalue weighted by Crippen LogP contribution is -2.48. The van der Waals surface area contributed by atoms with Gasteiger partial charge in [-0.05, 0) is 37.3 Å². The predicted molar refractivity (Wildman–Crippen MR) is 102 cm³/mol. The first-order valence-corrected chi connectivity index (χ1v) is 10.6. The van der Waals surface area contributed by atoms with Gasteiger partial charge in [0, 0.05) is 38.1 Å². The van der Waals surface area contributed by atoms with Gasteiger partial charge in [-0.25, -0.2) is 13.4 Å². The standard InChI is InChI=1S/C17H19N5O2S2/c1-13-12-14(20-19-13)15-5-6-17(25-15)26(23,24)22-10-8-21(9-11-22)16-4-2-3-7-18-16/h2-7,12H,8-11H2,1H3,(H,19,20). The van der Waals surface area contributed by atoms with Crippen LogP contribution in [0.1, 0.15) is 5.69 Å². The van der Waals surface area contributed by atoms with Gasteiger partial charge in [-0.3, -0.25) is 5.10 Å². The number of hydrogen-bond acceptors (Lipinski definition) is 6. The molecule has 0 aliphatic carbocycles. The van der Waals surface area contributed by atoms with Gasteiger partial charge in [-0.1, -0.05) is 6.07 Å². The van der Waals surface area contributed by atoms with Crippen LogP contribution in [0.3, 0.4) is 0 Å². The van der Waals surface area contributed by atoms with Crippen LogP contribution in [0.5, 0.6) is 0 Å². The summed E-state index contributed by atoms with van der Waals surface area (Å²) in [7, 11) is -3.48. The maximum absolute atomic E-state index is 13.0. The third-order valence-corrected chi connectivity index (χ3v) is 7.82. The molecule has 26 heavy (non-hydrogen) atoms. The first-order chi connectivity index (χ1) is 12.5. The van der Waals surface area contributed by atoms with Crippen molar-refractivity contribution < 1.29 is 8.42 Å². The molecule has 1 fully saturated rings. The maximum atomic E-state index is 13.0. The van der Waals surface area contributed by atoms with E-state index in [1.54, 1.807) is 16.6 Å². The van der Waals surface area contributed by atoms with Gasteiger partial charge in [0.2, 0.25) is 0 Å². The Morgan fingerprint density at radius 1 is 1.12 bits per heavy atom. The number of thiophene rings is 1. The van der Waals surface area contributed by atoms with Crippen LogP contribution in [0.25, 0.3) is 10.6 Å². The Morgan fingerprint density at radius 3 is 2.58 bits per heavy atom. The minimum absolute atomic E-state index is 0.361. The Bertz CT molecular complexity index is 989. The molecule has 0 unspecified atom stereocenters. The fraction of sp³-hybridized carbons (Fsp3) is 0.294. The second-order valence-electron chi connectivity index (χ2n) is 6.13. The summed E-state index contributed by atoms with van der Waals surface area (Å²) in [5.41, 5.74) is 1.72. The van der Waals surface area contributed by atoms with E-state index in [1.807, 2.05) is 37.3 Å². The van der Waals surface area contributed by atoms with Crippen LogP contribution < -0.4 is 4.90 Å². The second kappa shape index (κ2) is 6.82. The smallest absolute Gasteiger partial charge is 0.252 e. The summed E-state index contributed by atoms with van der Waals surface area (Å²) < 4.78 is 27.8. The monoisotopic (exact) mass is 389 g/mol. The molecule has 136 valence electrons. The molecule has 3 aromatic rings. The molecule has 7 nitrogen and oxygen atoms in total. The highest BCUT2D eigenvalue weighted by Crippen LogP contribution is 2.32. The van der Waals surface area contributed by atoms with Gasteiger partial charge < -0.3 is 4.90 Å². The summed E-state index contributed by atoms with van der Waals surface area (Å²) in [5, 5.41) is 7.09. The Kier molecular flexibility index (Phi) is 4.51. The number of piperazine rings is 1. The number of H-pyrrole nitrogens is 1. The molecule has 1 N–H and O–H groups in total. The van der Waals surface area contributed by atoms with Crippen LogP contribution in [0, 0.1) is 6.92 Å². The summed E-state index contributed by atoms with van der Waals surface area (Å²) in [6.07, 6.45) is 1.75. The van der Waals surface area contributed by atoms with Crippen LogP contribution in [-0.2, 0) is 10.0 Å². The molecule has 0 atom stereocenters. The van der Waals surface area contributed by atoms with Crippen LogP contribution in [0.4, 0.5) is 5.82 Å². The summed E-state index contributed by atoms with van der Waals surface area (Å²) >= 11 is 1.26. The molecule has 4 rings (SSSR count). The highest BCUT2D eigenvalue weighted by atomic mass is 32.2. The molecule has 0 saturated carbocycles. The number of sulfonamides is 1. The van der Waals surface area contributed by atoms with Crippen LogP contribution in [0.15, 0.2) is 46.8 Å². The Labute approximate surface area is 156 Å². The van der Waals surface area contributed by atoms with E-state index in [-0.39, 0.29) is 0 Å². The molecular weight excluding hydrogens is 370 g/mol. The van der Waals surface area contributed by atoms with E-state index in [2.05, 4.69) is 20.1 Å². The third kappa shape index (κ3) is 3.25. The van der Waals surface area contributed by atoms with Crippen molar-refractivity contribution >= 4 is 27.2 Å². The van der Waals surface area contributed by atoms with Gasteiger partial charge in [-0.15, -0.1) is 11.3 Å². The number of aryl methyl sites for hydroxylation is 1. The average molecular weight is 390 g/mol. The summed E-state index contributed by atoms with van der Waals surface area (Å²) in [4.78, 5) is 7.29. The molecular formula is C17H19N5O2S2. The SMILES string of the molecule is Cc1cc(-c2ccc(S(=O)(=O)N3CCN(c4ccccn4)CC3)s2)n[nH]1. The van der Waals surface area contributed by atoms with E-state index in [1.165, 1.54) is 11.3 Å². The number of aromatic nitrogens is 3. The van der Waals surface area contributed by atoms with Crippen molar-refractivity contribution in [2.24, 2.45) is 0 Å². The number of nitrogens with zero attached hydrogens (tertiary/aromatic N) is 4. The van der Waals surface area contributed by atoms with Gasteiger partial charge in [-0.2, -0.15) is 9.40 Å². The second-order valence-corrected chi connectivity index (χ2v) is 9.38. The molecule has 0 spiro atoms. The van der Waals surface area contributed by atoms with Gasteiger partial charge in [0.05, 0.1) is 4.88 Å². The van der Waals surface area contributed by atoms with Crippen molar-refractivity contribution in [2.45, 2.75) is 11.1 Å². The zero-order valence-corrected chi connectivity index (χ0v) is 15.9. The van der Waals surface area contributed by atoms with Gasteiger partial charge in [0.25, 0.3) is 10.0 Å². The summed E-state index contributed by atoms with van der Waals surface area (Å²) in [5.74, 6) is 0.886. The number of pyridine rings is 1. The van der Waals surface area contributed by atoms with Gasteiger partial charge >= 0.3 is 0 Å². The lowest BCUT2D eigenvalue weighted by atomic mass is 10.3. The van der Waals surface area contributed by atoms with Crippen LogP contribution >= 0.6 is 11.3 Å². The molecule has 3 aromatic heterocycles. The molecule has 1 aliphatic heterocycles. The van der Waals surface area contributed by atoms with Crippen molar-refractivity contribution in [3.8, 4) is 10.6 Å². The molecule has 9 heteroatoms. The summed E-state index contributed by atoms with van der Waals surface area (Å²) in [6, 6.07) is 11.2. The van der Waals surface area contributed by atoms with E-state index < -0.39 is 10.0 Å².